The highest BCUT2D eigenvalue weighted by atomic mass is 16.6. The summed E-state index contributed by atoms with van der Waals surface area (Å²) in [5.74, 6) is 3.37. The van der Waals surface area contributed by atoms with Crippen LogP contribution in [0.5, 0.6) is 0 Å². The third-order valence-corrected chi connectivity index (χ3v) is 6.78. The number of hydrazine groups is 1. The van der Waals surface area contributed by atoms with Crippen LogP contribution in [0, 0.1) is 11.8 Å². The van der Waals surface area contributed by atoms with E-state index >= 15 is 0 Å². The van der Waals surface area contributed by atoms with Gasteiger partial charge in [-0.3, -0.25) is 9.59 Å². The lowest BCUT2D eigenvalue weighted by Gasteiger charge is -2.25. The highest BCUT2D eigenvalue weighted by Crippen LogP contribution is 2.44. The van der Waals surface area contributed by atoms with Crippen LogP contribution in [-0.4, -0.2) is 35.4 Å². The molecule has 0 bridgehead atoms. The third-order valence-electron chi connectivity index (χ3n) is 6.78. The van der Waals surface area contributed by atoms with Gasteiger partial charge in [0.1, 0.15) is 12.5 Å². The Morgan fingerprint density at radius 3 is 1.97 bits per heavy atom. The lowest BCUT2D eigenvalue weighted by molar-refractivity contribution is -0.141. The Kier molecular flexibility index (Phi) is 8.16. The van der Waals surface area contributed by atoms with E-state index in [9.17, 15) is 14.4 Å². The molecular formula is C30H33N3O4. The molecule has 192 valence electrons. The molecule has 3 aromatic rings. The normalized spacial score (nSPS) is 14.0. The zero-order valence-electron chi connectivity index (χ0n) is 21.2. The maximum absolute atomic E-state index is 13.2. The molecule has 1 aliphatic carbocycles. The van der Waals surface area contributed by atoms with E-state index in [2.05, 4.69) is 0 Å². The maximum Gasteiger partial charge on any atom is 0.431 e. The number of hydrogen-bond acceptors (Lipinski definition) is 6. The first-order chi connectivity index (χ1) is 17.8. The molecule has 0 aromatic heterocycles. The average Bonchev–Trinajstić information content (AvgIpc) is 3.23. The Morgan fingerprint density at radius 1 is 0.865 bits per heavy atom. The van der Waals surface area contributed by atoms with E-state index in [1.165, 1.54) is 0 Å². The molecule has 7 nitrogen and oxygen atoms in total. The summed E-state index contributed by atoms with van der Waals surface area (Å²) in [5, 5.41) is 0.424. The topological polar surface area (TPSA) is 116 Å². The summed E-state index contributed by atoms with van der Waals surface area (Å²) < 4.78 is 5.51. The van der Waals surface area contributed by atoms with Gasteiger partial charge in [-0.05, 0) is 46.6 Å². The number of ketones is 1. The van der Waals surface area contributed by atoms with Gasteiger partial charge >= 0.3 is 6.09 Å². The second kappa shape index (κ2) is 11.5. The Labute approximate surface area is 217 Å². The maximum atomic E-state index is 13.2. The molecule has 1 aliphatic rings. The van der Waals surface area contributed by atoms with E-state index in [4.69, 9.17) is 16.3 Å². The molecule has 0 saturated carbocycles. The first-order valence-electron chi connectivity index (χ1n) is 12.5. The van der Waals surface area contributed by atoms with Crippen LogP contribution in [0.25, 0.3) is 11.1 Å². The molecule has 0 radical (unpaired) electrons. The lowest BCUT2D eigenvalue weighted by Crippen LogP contribution is -2.51. The molecule has 7 heteroatoms. The van der Waals surface area contributed by atoms with Gasteiger partial charge in [-0.2, -0.15) is 5.01 Å². The lowest BCUT2D eigenvalue weighted by atomic mass is 9.87. The molecule has 4 rings (SSSR count). The number of fused-ring (bicyclic) bond motifs is 3. The van der Waals surface area contributed by atoms with Crippen LogP contribution < -0.4 is 11.6 Å². The van der Waals surface area contributed by atoms with Crippen LogP contribution >= 0.6 is 0 Å². The van der Waals surface area contributed by atoms with Gasteiger partial charge in [-0.25, -0.2) is 10.6 Å². The molecule has 0 fully saturated rings. The van der Waals surface area contributed by atoms with Crippen molar-refractivity contribution in [2.24, 2.45) is 23.4 Å². The summed E-state index contributed by atoms with van der Waals surface area (Å²) in [6.07, 6.45) is -0.480. The van der Waals surface area contributed by atoms with Crippen LogP contribution in [0.3, 0.4) is 0 Å². The van der Waals surface area contributed by atoms with Gasteiger partial charge in [0.25, 0.3) is 5.91 Å². The number of hydrogen-bond donors (Lipinski definition) is 2. The minimum absolute atomic E-state index is 0.0118. The van der Waals surface area contributed by atoms with Gasteiger partial charge in [0.15, 0.2) is 5.78 Å². The van der Waals surface area contributed by atoms with E-state index in [-0.39, 0.29) is 31.3 Å². The van der Waals surface area contributed by atoms with E-state index < -0.39 is 29.7 Å². The van der Waals surface area contributed by atoms with E-state index in [0.717, 1.165) is 27.8 Å². The summed E-state index contributed by atoms with van der Waals surface area (Å²) in [5.41, 5.74) is 11.4. The van der Waals surface area contributed by atoms with Crippen molar-refractivity contribution in [2.45, 2.75) is 38.6 Å². The van der Waals surface area contributed by atoms with Gasteiger partial charge in [-0.1, -0.05) is 92.7 Å². The summed E-state index contributed by atoms with van der Waals surface area (Å²) in [6.45, 7) is 3.80. The molecule has 0 aliphatic heterocycles. The molecule has 2 atom stereocenters. The van der Waals surface area contributed by atoms with Gasteiger partial charge in [0.05, 0.1) is 6.04 Å². The number of Topliss-reactive ketones (excluding diaryl/α,β-unsaturated/α-hetero) is 1. The van der Waals surface area contributed by atoms with Gasteiger partial charge < -0.3 is 10.5 Å². The van der Waals surface area contributed by atoms with Gasteiger partial charge in [0, 0.05) is 5.92 Å². The predicted octanol–water partition coefficient (Wildman–Crippen LogP) is 4.44. The molecular weight excluding hydrogens is 466 g/mol. The number of nitrogens with zero attached hydrogens (tertiary/aromatic N) is 1. The Balaban J connectivity index is 1.44. The smallest absolute Gasteiger partial charge is 0.431 e. The summed E-state index contributed by atoms with van der Waals surface area (Å²) in [4.78, 5) is 39.3. The molecule has 0 heterocycles. The van der Waals surface area contributed by atoms with Crippen molar-refractivity contribution in [3.05, 3.63) is 95.6 Å². The van der Waals surface area contributed by atoms with Crippen molar-refractivity contribution in [1.82, 2.24) is 5.01 Å². The van der Waals surface area contributed by atoms with Crippen molar-refractivity contribution in [3.8, 4) is 11.1 Å². The number of carbonyl (C=O) groups is 3. The molecule has 1 unspecified atom stereocenters. The fourth-order valence-electron chi connectivity index (χ4n) is 4.96. The minimum atomic E-state index is -1.14. The van der Waals surface area contributed by atoms with Crippen molar-refractivity contribution >= 4 is 17.8 Å². The second-order valence-corrected chi connectivity index (χ2v) is 9.89. The standard InChI is InChI=1S/C30H33N3O4/c1-19(2)16-25(28(34)27(31)17-20-10-4-3-5-11-20)29(35)33(32)30(36)37-18-26-23-14-8-6-12-21(23)22-13-7-9-15-24(22)26/h3-15,19,25-27H,16-18,31-32H2,1-2H3/t25?,27-/m1/s1. The number of carbonyl (C=O) groups excluding carboxylic acids is 3. The Hall–Kier alpha value is -3.81. The third kappa shape index (κ3) is 5.79. The molecule has 37 heavy (non-hydrogen) atoms. The zero-order chi connectivity index (χ0) is 26.5. The summed E-state index contributed by atoms with van der Waals surface area (Å²) in [6, 6.07) is 24.4. The molecule has 4 N–H and O–H groups in total. The van der Waals surface area contributed by atoms with Gasteiger partial charge in [-0.15, -0.1) is 0 Å². The predicted molar refractivity (Wildman–Crippen MR) is 142 cm³/mol. The number of rotatable bonds is 9. The SMILES string of the molecule is CC(C)CC(C(=O)[C@H](N)Cc1ccccc1)C(=O)N(N)C(=O)OCC1c2ccccc2-c2ccccc21. The first-order valence-corrected chi connectivity index (χ1v) is 12.5. The highest BCUT2D eigenvalue weighted by molar-refractivity contribution is 6.07. The van der Waals surface area contributed by atoms with E-state index in [1.54, 1.807) is 0 Å². The fraction of sp³-hybridized carbons (Fsp3) is 0.300. The number of benzene rings is 3. The van der Waals surface area contributed by atoms with E-state index in [0.29, 0.717) is 5.01 Å². The quantitative estimate of drug-likeness (QED) is 0.195. The highest BCUT2D eigenvalue weighted by Gasteiger charge is 2.37. The number of ether oxygens (including phenoxy) is 1. The van der Waals surface area contributed by atoms with Crippen LogP contribution in [0.4, 0.5) is 4.79 Å². The Morgan fingerprint density at radius 2 is 1.41 bits per heavy atom. The zero-order valence-corrected chi connectivity index (χ0v) is 21.2. The van der Waals surface area contributed by atoms with Crippen LogP contribution in [0.2, 0.25) is 0 Å². The van der Waals surface area contributed by atoms with E-state index in [1.807, 2.05) is 92.7 Å². The van der Waals surface area contributed by atoms with Crippen LogP contribution in [0.15, 0.2) is 78.9 Å². The second-order valence-electron chi connectivity index (χ2n) is 9.89. The fourth-order valence-corrected chi connectivity index (χ4v) is 4.96. The molecule has 3 aromatic carbocycles. The molecule has 2 amide bonds. The Bertz CT molecular complexity index is 1230. The monoisotopic (exact) mass is 499 g/mol. The minimum Gasteiger partial charge on any atom is -0.447 e. The largest absolute Gasteiger partial charge is 0.447 e. The number of imide groups is 1. The van der Waals surface area contributed by atoms with Crippen molar-refractivity contribution < 1.29 is 19.1 Å². The van der Waals surface area contributed by atoms with Crippen molar-refractivity contribution in [1.29, 1.82) is 0 Å². The first kappa shape index (κ1) is 26.3. The molecule has 0 saturated heterocycles. The van der Waals surface area contributed by atoms with Crippen LogP contribution in [0.1, 0.15) is 42.9 Å². The number of amides is 2. The van der Waals surface area contributed by atoms with Crippen molar-refractivity contribution in [2.75, 3.05) is 6.61 Å². The number of nitrogens with two attached hydrogens (primary N) is 2. The summed E-state index contributed by atoms with van der Waals surface area (Å²) in [7, 11) is 0. The molecule has 0 spiro atoms. The van der Waals surface area contributed by atoms with Crippen LogP contribution in [-0.2, 0) is 20.7 Å². The van der Waals surface area contributed by atoms with Gasteiger partial charge in [0.2, 0.25) is 0 Å². The average molecular weight is 500 g/mol. The van der Waals surface area contributed by atoms with Crippen molar-refractivity contribution in [3.63, 3.8) is 0 Å². The summed E-state index contributed by atoms with van der Waals surface area (Å²) >= 11 is 0.